The second-order valence-corrected chi connectivity index (χ2v) is 2.11. The van der Waals surface area contributed by atoms with Crippen LogP contribution in [0.3, 0.4) is 0 Å². The average molecular weight is 213 g/mol. The second-order valence-electron chi connectivity index (χ2n) is 1.36. The number of rotatable bonds is 1. The summed E-state index contributed by atoms with van der Waals surface area (Å²) in [5.41, 5.74) is 0.719. The Labute approximate surface area is 67.0 Å². The van der Waals surface area contributed by atoms with Crippen molar-refractivity contribution in [3.63, 3.8) is 0 Å². The molecule has 0 saturated carbocycles. The second kappa shape index (κ2) is 3.87. The molecule has 1 rings (SSSR count). The molecule has 0 radical (unpaired) electrons. The van der Waals surface area contributed by atoms with Crippen LogP contribution < -0.4 is 0 Å². The molecule has 0 spiro atoms. The largest absolute Gasteiger partial charge is 0.390 e. The summed E-state index contributed by atoms with van der Waals surface area (Å²) in [6, 6.07) is 0. The minimum Gasteiger partial charge on any atom is -0.390 e. The van der Waals surface area contributed by atoms with Gasteiger partial charge in [0, 0.05) is 0 Å². The van der Waals surface area contributed by atoms with Crippen LogP contribution in [0.25, 0.3) is 0 Å². The van der Waals surface area contributed by atoms with E-state index in [1.165, 1.54) is 0 Å². The Morgan fingerprint density at radius 1 is 1.78 bits per heavy atom. The molecule has 0 saturated heterocycles. The Bertz CT molecular complexity index is 179. The predicted molar refractivity (Wildman–Crippen MR) is 39.5 cm³/mol. The third-order valence-electron chi connectivity index (χ3n) is 0.768. The number of halogens is 2. The maximum atomic E-state index is 8.46. The highest BCUT2D eigenvalue weighted by atomic mass is 79.9. The van der Waals surface area contributed by atoms with E-state index < -0.39 is 0 Å². The topological polar surface area (TPSA) is 48.9 Å². The van der Waals surface area contributed by atoms with Crippen molar-refractivity contribution in [2.24, 2.45) is 0 Å². The summed E-state index contributed by atoms with van der Waals surface area (Å²) in [4.78, 5) is 6.57. The number of nitrogens with one attached hydrogen (secondary N) is 1. The Hall–Kier alpha value is -0.0600. The summed E-state index contributed by atoms with van der Waals surface area (Å²) >= 11 is 3.10. The lowest BCUT2D eigenvalue weighted by Gasteiger charge is -1.81. The normalized spacial score (nSPS) is 8.67. The van der Waals surface area contributed by atoms with Crippen molar-refractivity contribution in [3.05, 3.63) is 16.6 Å². The summed E-state index contributed by atoms with van der Waals surface area (Å²) in [7, 11) is 0. The van der Waals surface area contributed by atoms with E-state index >= 15 is 0 Å². The molecular formula is C4H6BrClN2O. The maximum absolute atomic E-state index is 8.46. The van der Waals surface area contributed by atoms with Crippen molar-refractivity contribution >= 4 is 28.3 Å². The molecule has 0 aromatic carbocycles. The Balaban J connectivity index is 0.000000640. The van der Waals surface area contributed by atoms with Gasteiger partial charge in [-0.3, -0.25) is 0 Å². The number of H-pyrrole nitrogens is 1. The fraction of sp³-hybridized carbons (Fsp3) is 0.250. The zero-order valence-electron chi connectivity index (χ0n) is 4.47. The van der Waals surface area contributed by atoms with Gasteiger partial charge in [-0.25, -0.2) is 4.98 Å². The van der Waals surface area contributed by atoms with E-state index in [-0.39, 0.29) is 19.0 Å². The molecule has 52 valence electrons. The van der Waals surface area contributed by atoms with Gasteiger partial charge in [-0.2, -0.15) is 0 Å². The highest BCUT2D eigenvalue weighted by Gasteiger charge is 1.91. The third-order valence-corrected chi connectivity index (χ3v) is 1.17. The first-order valence-corrected chi connectivity index (χ1v) is 2.92. The highest BCUT2D eigenvalue weighted by Crippen LogP contribution is 2.02. The van der Waals surface area contributed by atoms with Gasteiger partial charge in [0.05, 0.1) is 18.5 Å². The van der Waals surface area contributed by atoms with Crippen LogP contribution in [0, 0.1) is 0 Å². The molecule has 0 aliphatic carbocycles. The molecule has 3 nitrogen and oxygen atoms in total. The summed E-state index contributed by atoms with van der Waals surface area (Å²) in [5.74, 6) is 0. The average Bonchev–Trinajstić information content (AvgIpc) is 2.14. The van der Waals surface area contributed by atoms with Gasteiger partial charge in [-0.1, -0.05) is 0 Å². The Kier molecular flexibility index (Phi) is 3.84. The number of hydrogen-bond acceptors (Lipinski definition) is 2. The fourth-order valence-corrected chi connectivity index (χ4v) is 0.769. The van der Waals surface area contributed by atoms with Crippen molar-refractivity contribution in [1.29, 1.82) is 0 Å². The van der Waals surface area contributed by atoms with Crippen LogP contribution in [0.4, 0.5) is 0 Å². The fourth-order valence-electron chi connectivity index (χ4n) is 0.412. The SMILES string of the molecule is Cl.OCc1cnc(Br)[nH]1. The molecule has 1 aromatic heterocycles. The molecule has 0 bridgehead atoms. The van der Waals surface area contributed by atoms with E-state index in [0.717, 1.165) is 5.69 Å². The lowest BCUT2D eigenvalue weighted by molar-refractivity contribution is 0.277. The van der Waals surface area contributed by atoms with Crippen molar-refractivity contribution in [1.82, 2.24) is 9.97 Å². The molecule has 1 aromatic rings. The third kappa shape index (κ3) is 2.34. The minimum atomic E-state index is 0. The van der Waals surface area contributed by atoms with Gasteiger partial charge in [0.2, 0.25) is 0 Å². The van der Waals surface area contributed by atoms with Crippen LogP contribution in [-0.2, 0) is 6.61 Å². The number of aromatic nitrogens is 2. The van der Waals surface area contributed by atoms with Crippen LogP contribution in [0.1, 0.15) is 5.69 Å². The molecule has 1 heterocycles. The van der Waals surface area contributed by atoms with Gasteiger partial charge in [0.15, 0.2) is 4.73 Å². The first-order chi connectivity index (χ1) is 3.83. The molecule has 0 amide bonds. The first kappa shape index (κ1) is 8.94. The smallest absolute Gasteiger partial charge is 0.174 e. The molecule has 9 heavy (non-hydrogen) atoms. The molecular weight excluding hydrogens is 207 g/mol. The zero-order chi connectivity index (χ0) is 5.98. The number of nitrogens with zero attached hydrogens (tertiary/aromatic N) is 1. The number of aliphatic hydroxyl groups excluding tert-OH is 1. The van der Waals surface area contributed by atoms with Gasteiger partial charge in [-0.05, 0) is 15.9 Å². The molecule has 0 aliphatic rings. The quantitative estimate of drug-likeness (QED) is 0.734. The Morgan fingerprint density at radius 3 is 2.67 bits per heavy atom. The van der Waals surface area contributed by atoms with E-state index in [4.69, 9.17) is 5.11 Å². The molecule has 0 aliphatic heterocycles. The van der Waals surface area contributed by atoms with Gasteiger partial charge in [-0.15, -0.1) is 12.4 Å². The Morgan fingerprint density at radius 2 is 2.44 bits per heavy atom. The van der Waals surface area contributed by atoms with Gasteiger partial charge >= 0.3 is 0 Å². The van der Waals surface area contributed by atoms with Crippen LogP contribution in [-0.4, -0.2) is 15.1 Å². The van der Waals surface area contributed by atoms with Crippen LogP contribution in [0.15, 0.2) is 10.9 Å². The summed E-state index contributed by atoms with van der Waals surface area (Å²) < 4.78 is 0.654. The number of aliphatic hydroxyl groups is 1. The first-order valence-electron chi connectivity index (χ1n) is 2.13. The summed E-state index contributed by atoms with van der Waals surface area (Å²) in [6.07, 6.45) is 1.57. The van der Waals surface area contributed by atoms with Crippen molar-refractivity contribution < 1.29 is 5.11 Å². The van der Waals surface area contributed by atoms with Crippen molar-refractivity contribution in [2.45, 2.75) is 6.61 Å². The molecule has 0 fully saturated rings. The van der Waals surface area contributed by atoms with Crippen LogP contribution in [0.5, 0.6) is 0 Å². The van der Waals surface area contributed by atoms with E-state index in [1.807, 2.05) is 0 Å². The highest BCUT2D eigenvalue weighted by molar-refractivity contribution is 9.10. The van der Waals surface area contributed by atoms with E-state index in [2.05, 4.69) is 25.9 Å². The summed E-state index contributed by atoms with van der Waals surface area (Å²) in [5, 5.41) is 8.46. The lowest BCUT2D eigenvalue weighted by atomic mass is 10.5. The minimum absolute atomic E-state index is 0. The molecule has 5 heteroatoms. The lowest BCUT2D eigenvalue weighted by Crippen LogP contribution is -1.78. The number of aromatic amines is 1. The van der Waals surface area contributed by atoms with Crippen LogP contribution in [0.2, 0.25) is 0 Å². The molecule has 2 N–H and O–H groups in total. The van der Waals surface area contributed by atoms with Crippen molar-refractivity contribution in [2.75, 3.05) is 0 Å². The standard InChI is InChI=1S/C4H5BrN2O.ClH/c5-4-6-1-3(2-8)7-4;/h1,8H,2H2,(H,6,7);1H. The van der Waals surface area contributed by atoms with Gasteiger partial charge in [0.1, 0.15) is 0 Å². The van der Waals surface area contributed by atoms with E-state index in [1.54, 1.807) is 6.20 Å². The number of hydrogen-bond donors (Lipinski definition) is 2. The van der Waals surface area contributed by atoms with E-state index in [9.17, 15) is 0 Å². The number of imidazole rings is 1. The predicted octanol–water partition coefficient (Wildman–Crippen LogP) is 1.09. The van der Waals surface area contributed by atoms with Gasteiger partial charge in [0.25, 0.3) is 0 Å². The zero-order valence-corrected chi connectivity index (χ0v) is 6.87. The maximum Gasteiger partial charge on any atom is 0.174 e. The van der Waals surface area contributed by atoms with Crippen molar-refractivity contribution in [3.8, 4) is 0 Å². The van der Waals surface area contributed by atoms with E-state index in [0.29, 0.717) is 4.73 Å². The monoisotopic (exact) mass is 212 g/mol. The van der Waals surface area contributed by atoms with Gasteiger partial charge < -0.3 is 10.1 Å². The molecule has 0 atom stereocenters. The van der Waals surface area contributed by atoms with Crippen LogP contribution >= 0.6 is 28.3 Å². The molecule has 0 unspecified atom stereocenters. The summed E-state index contributed by atoms with van der Waals surface area (Å²) in [6.45, 7) is 0.0125.